The standard InChI is InChI=1S/C12H13FO3/c1-2-15-12-10(14)7-11(12)16-9-5-3-4-8(13)6-9/h3-6,11-12H,2,7H2,1H3. The maximum atomic E-state index is 12.9. The topological polar surface area (TPSA) is 35.5 Å². The Hall–Kier alpha value is -1.42. The van der Waals surface area contributed by atoms with Gasteiger partial charge in [0.2, 0.25) is 0 Å². The van der Waals surface area contributed by atoms with Gasteiger partial charge in [-0.25, -0.2) is 4.39 Å². The van der Waals surface area contributed by atoms with Crippen molar-refractivity contribution in [3.05, 3.63) is 30.1 Å². The maximum Gasteiger partial charge on any atom is 0.169 e. The first kappa shape index (κ1) is 11.1. The molecule has 1 fully saturated rings. The van der Waals surface area contributed by atoms with E-state index >= 15 is 0 Å². The van der Waals surface area contributed by atoms with Crippen molar-refractivity contribution in [1.29, 1.82) is 0 Å². The summed E-state index contributed by atoms with van der Waals surface area (Å²) in [6.07, 6.45) is -0.441. The van der Waals surface area contributed by atoms with E-state index in [9.17, 15) is 9.18 Å². The van der Waals surface area contributed by atoms with Crippen LogP contribution in [0.3, 0.4) is 0 Å². The van der Waals surface area contributed by atoms with Gasteiger partial charge in [-0.05, 0) is 19.1 Å². The molecule has 1 aromatic rings. The zero-order valence-corrected chi connectivity index (χ0v) is 8.98. The van der Waals surface area contributed by atoms with Gasteiger partial charge >= 0.3 is 0 Å². The highest BCUT2D eigenvalue weighted by Crippen LogP contribution is 2.25. The van der Waals surface area contributed by atoms with Crippen LogP contribution in [0.4, 0.5) is 4.39 Å². The van der Waals surface area contributed by atoms with E-state index < -0.39 is 6.10 Å². The molecule has 0 bridgehead atoms. The minimum atomic E-state index is -0.492. The lowest BCUT2D eigenvalue weighted by atomic mass is 9.90. The van der Waals surface area contributed by atoms with E-state index in [1.54, 1.807) is 12.1 Å². The number of Topliss-reactive ketones (excluding diaryl/α,β-unsaturated/α-hetero) is 1. The molecule has 0 N–H and O–H groups in total. The van der Waals surface area contributed by atoms with Crippen molar-refractivity contribution in [3.63, 3.8) is 0 Å². The van der Waals surface area contributed by atoms with Gasteiger partial charge in [0.1, 0.15) is 17.7 Å². The molecule has 0 radical (unpaired) electrons. The second-order valence-electron chi connectivity index (χ2n) is 3.66. The molecule has 0 aromatic heterocycles. The van der Waals surface area contributed by atoms with Gasteiger partial charge in [-0.1, -0.05) is 6.07 Å². The summed E-state index contributed by atoms with van der Waals surface area (Å²) in [5.41, 5.74) is 0. The lowest BCUT2D eigenvalue weighted by molar-refractivity contribution is -0.154. The predicted molar refractivity (Wildman–Crippen MR) is 55.9 cm³/mol. The van der Waals surface area contributed by atoms with Gasteiger partial charge in [0.05, 0.1) is 0 Å². The van der Waals surface area contributed by atoms with E-state index in [0.717, 1.165) is 0 Å². The van der Waals surface area contributed by atoms with Crippen LogP contribution in [0.1, 0.15) is 13.3 Å². The van der Waals surface area contributed by atoms with Crippen molar-refractivity contribution < 1.29 is 18.7 Å². The third-order valence-corrected chi connectivity index (χ3v) is 2.49. The molecule has 0 saturated heterocycles. The molecule has 4 heteroatoms. The highest BCUT2D eigenvalue weighted by molar-refractivity contribution is 5.90. The average Bonchev–Trinajstić information content (AvgIpc) is 2.26. The van der Waals surface area contributed by atoms with Gasteiger partial charge in [-0.3, -0.25) is 4.79 Å². The quantitative estimate of drug-likeness (QED) is 0.784. The second kappa shape index (κ2) is 4.61. The number of benzene rings is 1. The van der Waals surface area contributed by atoms with Gasteiger partial charge < -0.3 is 9.47 Å². The van der Waals surface area contributed by atoms with Crippen LogP contribution in [0.2, 0.25) is 0 Å². The Morgan fingerprint density at radius 2 is 2.31 bits per heavy atom. The average molecular weight is 224 g/mol. The normalized spacial score (nSPS) is 24.0. The first-order valence-corrected chi connectivity index (χ1v) is 5.27. The van der Waals surface area contributed by atoms with E-state index in [4.69, 9.17) is 9.47 Å². The Kier molecular flexibility index (Phi) is 3.19. The molecule has 0 amide bonds. The third kappa shape index (κ3) is 2.22. The maximum absolute atomic E-state index is 12.9. The Morgan fingerprint density at radius 3 is 2.94 bits per heavy atom. The van der Waals surface area contributed by atoms with Crippen molar-refractivity contribution in [2.45, 2.75) is 25.6 Å². The van der Waals surface area contributed by atoms with Crippen LogP contribution in [0.15, 0.2) is 24.3 Å². The van der Waals surface area contributed by atoms with Crippen LogP contribution in [0.25, 0.3) is 0 Å². The summed E-state index contributed by atoms with van der Waals surface area (Å²) in [6, 6.07) is 5.88. The molecule has 16 heavy (non-hydrogen) atoms. The SMILES string of the molecule is CCOC1C(=O)CC1Oc1cccc(F)c1. The first-order chi connectivity index (χ1) is 7.70. The van der Waals surface area contributed by atoms with Gasteiger partial charge in [-0.2, -0.15) is 0 Å². The van der Waals surface area contributed by atoms with Crippen LogP contribution in [-0.2, 0) is 9.53 Å². The van der Waals surface area contributed by atoms with Crippen LogP contribution in [0.5, 0.6) is 5.75 Å². The molecule has 0 heterocycles. The molecule has 86 valence electrons. The number of carbonyl (C=O) groups excluding carboxylic acids is 1. The molecule has 2 rings (SSSR count). The number of ketones is 1. The zero-order valence-electron chi connectivity index (χ0n) is 8.98. The third-order valence-electron chi connectivity index (χ3n) is 2.49. The van der Waals surface area contributed by atoms with Crippen LogP contribution in [-0.4, -0.2) is 24.6 Å². The second-order valence-corrected chi connectivity index (χ2v) is 3.66. The summed E-state index contributed by atoms with van der Waals surface area (Å²) in [7, 11) is 0. The molecule has 1 aliphatic rings. The fourth-order valence-corrected chi connectivity index (χ4v) is 1.67. The Morgan fingerprint density at radius 1 is 1.50 bits per heavy atom. The van der Waals surface area contributed by atoms with E-state index in [-0.39, 0.29) is 17.7 Å². The first-order valence-electron chi connectivity index (χ1n) is 5.27. The van der Waals surface area contributed by atoms with Crippen LogP contribution in [0, 0.1) is 5.82 Å². The van der Waals surface area contributed by atoms with E-state index in [1.165, 1.54) is 12.1 Å². The molecule has 0 spiro atoms. The number of ether oxygens (including phenoxy) is 2. The summed E-state index contributed by atoms with van der Waals surface area (Å²) in [5.74, 6) is 0.126. The van der Waals surface area contributed by atoms with E-state index in [0.29, 0.717) is 18.8 Å². The number of hydrogen-bond donors (Lipinski definition) is 0. The number of rotatable bonds is 4. The minimum Gasteiger partial charge on any atom is -0.487 e. The minimum absolute atomic E-state index is 0.0447. The Labute approximate surface area is 93.2 Å². The van der Waals surface area contributed by atoms with Crippen molar-refractivity contribution in [1.82, 2.24) is 0 Å². The van der Waals surface area contributed by atoms with Crippen molar-refractivity contribution in [2.24, 2.45) is 0 Å². The van der Waals surface area contributed by atoms with Crippen LogP contribution < -0.4 is 4.74 Å². The predicted octanol–water partition coefficient (Wildman–Crippen LogP) is 1.95. The molecular formula is C12H13FO3. The largest absolute Gasteiger partial charge is 0.487 e. The fraction of sp³-hybridized carbons (Fsp3) is 0.417. The highest BCUT2D eigenvalue weighted by Gasteiger charge is 2.42. The molecule has 2 unspecified atom stereocenters. The van der Waals surface area contributed by atoms with Gasteiger partial charge in [0.25, 0.3) is 0 Å². The van der Waals surface area contributed by atoms with E-state index in [1.807, 2.05) is 6.92 Å². The lowest BCUT2D eigenvalue weighted by Gasteiger charge is -2.34. The molecule has 1 aromatic carbocycles. The smallest absolute Gasteiger partial charge is 0.169 e. The molecular weight excluding hydrogens is 211 g/mol. The van der Waals surface area contributed by atoms with Crippen molar-refractivity contribution in [3.8, 4) is 5.75 Å². The molecule has 0 aliphatic heterocycles. The van der Waals surface area contributed by atoms with Gasteiger partial charge in [0.15, 0.2) is 11.9 Å². The summed E-state index contributed by atoms with van der Waals surface area (Å²) in [4.78, 5) is 11.2. The Balaban J connectivity index is 1.98. The molecule has 3 nitrogen and oxygen atoms in total. The molecule has 2 atom stereocenters. The fourth-order valence-electron chi connectivity index (χ4n) is 1.67. The van der Waals surface area contributed by atoms with Gasteiger partial charge in [-0.15, -0.1) is 0 Å². The molecule has 1 aliphatic carbocycles. The van der Waals surface area contributed by atoms with Crippen LogP contribution >= 0.6 is 0 Å². The number of hydrogen-bond acceptors (Lipinski definition) is 3. The molecule has 1 saturated carbocycles. The summed E-state index contributed by atoms with van der Waals surface area (Å²) >= 11 is 0. The zero-order chi connectivity index (χ0) is 11.5. The summed E-state index contributed by atoms with van der Waals surface area (Å²) in [6.45, 7) is 2.30. The summed E-state index contributed by atoms with van der Waals surface area (Å²) in [5, 5.41) is 0. The van der Waals surface area contributed by atoms with Crippen molar-refractivity contribution in [2.75, 3.05) is 6.61 Å². The monoisotopic (exact) mass is 224 g/mol. The Bertz CT molecular complexity index is 392. The summed E-state index contributed by atoms with van der Waals surface area (Å²) < 4.78 is 23.6. The highest BCUT2D eigenvalue weighted by atomic mass is 19.1. The number of halogens is 1. The van der Waals surface area contributed by atoms with E-state index in [2.05, 4.69) is 0 Å². The lowest BCUT2D eigenvalue weighted by Crippen LogP contribution is -2.52. The number of carbonyl (C=O) groups is 1. The van der Waals surface area contributed by atoms with Gasteiger partial charge in [0, 0.05) is 19.1 Å². The van der Waals surface area contributed by atoms with Crippen molar-refractivity contribution >= 4 is 5.78 Å².